The number of hydrogen-bond acceptors (Lipinski definition) is 5. The molecule has 5 heteroatoms. The van der Waals surface area contributed by atoms with Crippen molar-refractivity contribution >= 4 is 17.2 Å². The monoisotopic (exact) mass is 236 g/mol. The summed E-state index contributed by atoms with van der Waals surface area (Å²) < 4.78 is 10.8. The summed E-state index contributed by atoms with van der Waals surface area (Å²) in [6.45, 7) is 0.414. The Morgan fingerprint density at radius 1 is 1.31 bits per heavy atom. The van der Waals surface area contributed by atoms with Crippen LogP contribution in [0.5, 0.6) is 11.5 Å². The fourth-order valence-electron chi connectivity index (χ4n) is 1.27. The molecule has 0 aliphatic rings. The van der Waals surface area contributed by atoms with E-state index in [4.69, 9.17) is 15.2 Å². The van der Waals surface area contributed by atoms with E-state index in [1.807, 2.05) is 24.3 Å². The Balaban J connectivity index is 2.07. The Bertz CT molecular complexity index is 471. The predicted molar refractivity (Wildman–Crippen MR) is 63.9 cm³/mol. The summed E-state index contributed by atoms with van der Waals surface area (Å²) in [7, 11) is 1.61. The molecule has 0 bridgehead atoms. The summed E-state index contributed by atoms with van der Waals surface area (Å²) in [6.07, 6.45) is 0. The Morgan fingerprint density at radius 2 is 2.06 bits per heavy atom. The molecule has 0 fully saturated rings. The Labute approximate surface area is 97.6 Å². The van der Waals surface area contributed by atoms with Gasteiger partial charge in [-0.2, -0.15) is 0 Å². The van der Waals surface area contributed by atoms with Crippen LogP contribution in [0.3, 0.4) is 0 Å². The van der Waals surface area contributed by atoms with E-state index in [1.54, 1.807) is 12.6 Å². The van der Waals surface area contributed by atoms with E-state index in [0.717, 1.165) is 4.88 Å². The van der Waals surface area contributed by atoms with Crippen molar-refractivity contribution in [2.45, 2.75) is 6.61 Å². The van der Waals surface area contributed by atoms with Gasteiger partial charge in [0.1, 0.15) is 12.4 Å². The predicted octanol–water partition coefficient (Wildman–Crippen LogP) is 2.31. The van der Waals surface area contributed by atoms with Gasteiger partial charge in [-0.3, -0.25) is 0 Å². The standard InChI is InChI=1S/C11H12N2O2S/c1-14-8-4-2-3-5-9(8)15-6-10-11(12)13-7-16-10/h2-5,7H,6,12H2,1H3. The van der Waals surface area contributed by atoms with E-state index in [-0.39, 0.29) is 0 Å². The van der Waals surface area contributed by atoms with Crippen LogP contribution in [0.2, 0.25) is 0 Å². The number of ether oxygens (including phenoxy) is 2. The van der Waals surface area contributed by atoms with Crippen LogP contribution >= 0.6 is 11.3 Å². The highest BCUT2D eigenvalue weighted by molar-refractivity contribution is 7.10. The van der Waals surface area contributed by atoms with E-state index in [0.29, 0.717) is 23.9 Å². The Morgan fingerprint density at radius 3 is 2.69 bits per heavy atom. The third-order valence-corrected chi connectivity index (χ3v) is 2.92. The number of anilines is 1. The molecule has 1 aromatic heterocycles. The maximum Gasteiger partial charge on any atom is 0.161 e. The average Bonchev–Trinajstić information content (AvgIpc) is 2.72. The molecule has 0 radical (unpaired) electrons. The van der Waals surface area contributed by atoms with Crippen LogP contribution in [0, 0.1) is 0 Å². The molecule has 0 atom stereocenters. The maximum atomic E-state index is 5.66. The van der Waals surface area contributed by atoms with Crippen molar-refractivity contribution in [1.82, 2.24) is 4.98 Å². The van der Waals surface area contributed by atoms with Crippen molar-refractivity contribution in [3.63, 3.8) is 0 Å². The number of para-hydroxylation sites is 2. The van der Waals surface area contributed by atoms with Crippen LogP contribution in [-0.2, 0) is 6.61 Å². The summed E-state index contributed by atoms with van der Waals surface area (Å²) in [4.78, 5) is 4.88. The lowest BCUT2D eigenvalue weighted by atomic mass is 10.3. The van der Waals surface area contributed by atoms with Crippen LogP contribution in [0.15, 0.2) is 29.8 Å². The van der Waals surface area contributed by atoms with Crippen molar-refractivity contribution in [3.8, 4) is 11.5 Å². The first kappa shape index (κ1) is 10.8. The van der Waals surface area contributed by atoms with E-state index in [1.165, 1.54) is 11.3 Å². The Kier molecular flexibility index (Phi) is 3.26. The second kappa shape index (κ2) is 4.85. The number of methoxy groups -OCH3 is 1. The summed E-state index contributed by atoms with van der Waals surface area (Å²) in [6, 6.07) is 7.50. The third-order valence-electron chi connectivity index (χ3n) is 2.10. The van der Waals surface area contributed by atoms with Crippen LogP contribution in [0.4, 0.5) is 5.82 Å². The zero-order chi connectivity index (χ0) is 11.4. The summed E-state index contributed by atoms with van der Waals surface area (Å²) in [5.41, 5.74) is 7.37. The molecule has 2 N–H and O–H groups in total. The quantitative estimate of drug-likeness (QED) is 0.885. The first-order chi connectivity index (χ1) is 7.81. The van der Waals surface area contributed by atoms with E-state index < -0.39 is 0 Å². The zero-order valence-electron chi connectivity index (χ0n) is 8.84. The molecular formula is C11H12N2O2S. The van der Waals surface area contributed by atoms with Gasteiger partial charge in [0, 0.05) is 0 Å². The maximum absolute atomic E-state index is 5.66. The summed E-state index contributed by atoms with van der Waals surface area (Å²) in [5.74, 6) is 1.95. The zero-order valence-corrected chi connectivity index (χ0v) is 9.66. The second-order valence-electron chi connectivity index (χ2n) is 3.10. The molecule has 2 aromatic rings. The number of nitrogens with two attached hydrogens (primary N) is 1. The molecule has 0 aliphatic carbocycles. The second-order valence-corrected chi connectivity index (χ2v) is 4.04. The SMILES string of the molecule is COc1ccccc1OCc1scnc1N. The van der Waals surface area contributed by atoms with E-state index >= 15 is 0 Å². The summed E-state index contributed by atoms with van der Waals surface area (Å²) in [5, 5.41) is 0. The molecular weight excluding hydrogens is 224 g/mol. The number of nitrogens with zero attached hydrogens (tertiary/aromatic N) is 1. The van der Waals surface area contributed by atoms with Crippen molar-refractivity contribution in [2.24, 2.45) is 0 Å². The van der Waals surface area contributed by atoms with Gasteiger partial charge in [-0.15, -0.1) is 11.3 Å². The lowest BCUT2D eigenvalue weighted by Crippen LogP contribution is -1.98. The molecule has 1 heterocycles. The molecule has 0 unspecified atom stereocenters. The molecule has 1 aromatic carbocycles. The summed E-state index contributed by atoms with van der Waals surface area (Å²) >= 11 is 1.48. The van der Waals surface area contributed by atoms with Gasteiger partial charge in [-0.05, 0) is 12.1 Å². The first-order valence-electron chi connectivity index (χ1n) is 4.75. The number of benzene rings is 1. The third kappa shape index (κ3) is 2.25. The van der Waals surface area contributed by atoms with E-state index in [2.05, 4.69) is 4.98 Å². The molecule has 84 valence electrons. The molecule has 0 saturated carbocycles. The minimum Gasteiger partial charge on any atom is -0.493 e. The molecule has 16 heavy (non-hydrogen) atoms. The van der Waals surface area contributed by atoms with E-state index in [9.17, 15) is 0 Å². The molecule has 4 nitrogen and oxygen atoms in total. The van der Waals surface area contributed by atoms with Crippen molar-refractivity contribution in [1.29, 1.82) is 0 Å². The number of thiazole rings is 1. The lowest BCUT2D eigenvalue weighted by Gasteiger charge is -2.09. The fraction of sp³-hybridized carbons (Fsp3) is 0.182. The normalized spacial score (nSPS) is 10.1. The number of hydrogen-bond donors (Lipinski definition) is 1. The van der Waals surface area contributed by atoms with Crippen LogP contribution in [-0.4, -0.2) is 12.1 Å². The first-order valence-corrected chi connectivity index (χ1v) is 5.63. The van der Waals surface area contributed by atoms with Gasteiger partial charge < -0.3 is 15.2 Å². The molecule has 0 amide bonds. The fourth-order valence-corrected chi connectivity index (χ4v) is 1.86. The van der Waals surface area contributed by atoms with Crippen molar-refractivity contribution in [2.75, 3.05) is 12.8 Å². The minimum atomic E-state index is 0.414. The number of rotatable bonds is 4. The van der Waals surface area contributed by atoms with Gasteiger partial charge in [0.25, 0.3) is 0 Å². The van der Waals surface area contributed by atoms with Crippen molar-refractivity contribution in [3.05, 3.63) is 34.7 Å². The minimum absolute atomic E-state index is 0.414. The molecule has 0 spiro atoms. The van der Waals surface area contributed by atoms with Crippen LogP contribution in [0.25, 0.3) is 0 Å². The smallest absolute Gasteiger partial charge is 0.161 e. The van der Waals surface area contributed by atoms with Crippen LogP contribution in [0.1, 0.15) is 4.88 Å². The lowest BCUT2D eigenvalue weighted by molar-refractivity contribution is 0.287. The molecule has 0 saturated heterocycles. The van der Waals surface area contributed by atoms with Gasteiger partial charge in [-0.1, -0.05) is 12.1 Å². The van der Waals surface area contributed by atoms with Gasteiger partial charge in [-0.25, -0.2) is 4.98 Å². The van der Waals surface area contributed by atoms with Gasteiger partial charge in [0.05, 0.1) is 17.5 Å². The highest BCUT2D eigenvalue weighted by atomic mass is 32.1. The number of aromatic nitrogens is 1. The average molecular weight is 236 g/mol. The molecule has 2 rings (SSSR count). The highest BCUT2D eigenvalue weighted by Crippen LogP contribution is 2.27. The van der Waals surface area contributed by atoms with Crippen molar-refractivity contribution < 1.29 is 9.47 Å². The van der Waals surface area contributed by atoms with Crippen LogP contribution < -0.4 is 15.2 Å². The topological polar surface area (TPSA) is 57.4 Å². The largest absolute Gasteiger partial charge is 0.493 e. The van der Waals surface area contributed by atoms with Gasteiger partial charge in [0.2, 0.25) is 0 Å². The molecule has 0 aliphatic heterocycles. The van der Waals surface area contributed by atoms with Gasteiger partial charge in [0.15, 0.2) is 11.5 Å². The van der Waals surface area contributed by atoms with Gasteiger partial charge >= 0.3 is 0 Å². The number of nitrogen functional groups attached to an aromatic ring is 1. The Hall–Kier alpha value is -1.75. The highest BCUT2D eigenvalue weighted by Gasteiger charge is 2.06.